The summed E-state index contributed by atoms with van der Waals surface area (Å²) in [6.07, 6.45) is 9.59. The molecule has 0 fully saturated rings. The number of carbonyl (C=O) groups is 1. The van der Waals surface area contributed by atoms with E-state index in [1.165, 1.54) is 11.6 Å². The lowest BCUT2D eigenvalue weighted by molar-refractivity contribution is -0.111. The molecule has 0 aliphatic heterocycles. The van der Waals surface area contributed by atoms with Crippen LogP contribution in [0.4, 0.5) is 5.82 Å². The largest absolute Gasteiger partial charge is 0.306 e. The summed E-state index contributed by atoms with van der Waals surface area (Å²) in [7, 11) is 0. The number of hydrogen-bond donors (Lipinski definition) is 1. The number of nitrogens with zero attached hydrogens (tertiary/aromatic N) is 3. The number of hydrogen-bond acceptors (Lipinski definition) is 4. The molecule has 1 N–H and O–H groups in total. The number of aromatic nitrogens is 3. The van der Waals surface area contributed by atoms with Gasteiger partial charge in [0.1, 0.15) is 0 Å². The lowest BCUT2D eigenvalue weighted by Gasteiger charge is -2.01. The first-order valence-corrected chi connectivity index (χ1v) is 8.17. The molecule has 0 bridgehead atoms. The van der Waals surface area contributed by atoms with Crippen molar-refractivity contribution in [1.82, 2.24) is 14.8 Å². The first-order valence-electron chi connectivity index (χ1n) is 7.23. The van der Waals surface area contributed by atoms with Gasteiger partial charge in [-0.25, -0.2) is 0 Å². The summed E-state index contributed by atoms with van der Waals surface area (Å²) in [4.78, 5) is 15.8. The van der Waals surface area contributed by atoms with E-state index in [-0.39, 0.29) is 5.91 Å². The minimum atomic E-state index is -0.185. The fourth-order valence-electron chi connectivity index (χ4n) is 2.06. The Morgan fingerprint density at radius 2 is 2.13 bits per heavy atom. The fraction of sp³-hybridized carbons (Fsp3) is 0.118. The van der Waals surface area contributed by atoms with Crippen LogP contribution in [0.3, 0.4) is 0 Å². The topological polar surface area (TPSA) is 59.8 Å². The molecular formula is C17H16N4OS. The van der Waals surface area contributed by atoms with Crippen LogP contribution in [0.15, 0.2) is 59.7 Å². The van der Waals surface area contributed by atoms with Crippen molar-refractivity contribution in [3.8, 4) is 0 Å². The summed E-state index contributed by atoms with van der Waals surface area (Å²) in [6, 6.07) is 7.73. The zero-order valence-corrected chi connectivity index (χ0v) is 13.2. The second kappa shape index (κ2) is 7.51. The normalized spacial score (nSPS) is 11.0. The number of amides is 1. The monoisotopic (exact) mass is 324 g/mol. The summed E-state index contributed by atoms with van der Waals surface area (Å²) < 4.78 is 1.82. The number of aryl methyl sites for hydroxylation is 2. The molecule has 116 valence electrons. The Kier molecular flexibility index (Phi) is 4.95. The van der Waals surface area contributed by atoms with Gasteiger partial charge in [-0.15, -0.1) is 0 Å². The van der Waals surface area contributed by atoms with E-state index in [9.17, 15) is 4.79 Å². The van der Waals surface area contributed by atoms with Crippen molar-refractivity contribution in [1.29, 1.82) is 0 Å². The fourth-order valence-corrected chi connectivity index (χ4v) is 2.68. The molecule has 0 aromatic carbocycles. The van der Waals surface area contributed by atoms with Gasteiger partial charge in [-0.05, 0) is 52.6 Å². The minimum absolute atomic E-state index is 0.185. The van der Waals surface area contributed by atoms with Crippen molar-refractivity contribution in [3.63, 3.8) is 0 Å². The number of pyridine rings is 1. The van der Waals surface area contributed by atoms with Gasteiger partial charge in [-0.2, -0.15) is 16.4 Å². The number of anilines is 1. The summed E-state index contributed by atoms with van der Waals surface area (Å²) >= 11 is 1.60. The molecule has 3 heterocycles. The van der Waals surface area contributed by atoms with Crippen LogP contribution < -0.4 is 5.32 Å². The highest BCUT2D eigenvalue weighted by molar-refractivity contribution is 7.08. The third kappa shape index (κ3) is 4.62. The maximum absolute atomic E-state index is 11.8. The molecule has 0 unspecified atom stereocenters. The van der Waals surface area contributed by atoms with Crippen LogP contribution in [0, 0.1) is 0 Å². The van der Waals surface area contributed by atoms with Crippen LogP contribution in [0.5, 0.6) is 0 Å². The van der Waals surface area contributed by atoms with E-state index in [0.717, 1.165) is 18.5 Å². The number of nitrogens with one attached hydrogen (secondary N) is 1. The molecule has 3 aromatic rings. The summed E-state index contributed by atoms with van der Waals surface area (Å²) in [5, 5.41) is 11.1. The van der Waals surface area contributed by atoms with E-state index in [4.69, 9.17) is 0 Å². The zero-order chi connectivity index (χ0) is 15.9. The Balaban J connectivity index is 1.51. The predicted octanol–water partition coefficient (Wildman–Crippen LogP) is 3.23. The molecule has 6 heteroatoms. The second-order valence-electron chi connectivity index (χ2n) is 4.95. The molecule has 0 aliphatic carbocycles. The Bertz CT molecular complexity index is 778. The first kappa shape index (κ1) is 15.2. The Morgan fingerprint density at radius 1 is 1.26 bits per heavy atom. The maximum atomic E-state index is 11.8. The Labute approximate surface area is 138 Å². The van der Waals surface area contributed by atoms with Gasteiger partial charge in [-0.1, -0.05) is 0 Å². The molecule has 0 saturated heterocycles. The summed E-state index contributed by atoms with van der Waals surface area (Å²) in [5.74, 6) is 0.371. The highest BCUT2D eigenvalue weighted by Gasteiger charge is 2.02. The molecule has 0 saturated carbocycles. The van der Waals surface area contributed by atoms with Crippen molar-refractivity contribution in [3.05, 3.63) is 70.8 Å². The van der Waals surface area contributed by atoms with Gasteiger partial charge in [-0.3, -0.25) is 14.5 Å². The summed E-state index contributed by atoms with van der Waals surface area (Å²) in [6.45, 7) is 0.755. The second-order valence-corrected chi connectivity index (χ2v) is 5.73. The van der Waals surface area contributed by atoms with Crippen LogP contribution >= 0.6 is 11.3 Å². The van der Waals surface area contributed by atoms with E-state index in [2.05, 4.69) is 15.4 Å². The molecule has 0 spiro atoms. The van der Waals surface area contributed by atoms with Gasteiger partial charge in [0.05, 0.1) is 0 Å². The molecule has 1 amide bonds. The van der Waals surface area contributed by atoms with E-state index in [1.807, 2.05) is 39.8 Å². The van der Waals surface area contributed by atoms with E-state index >= 15 is 0 Å². The lowest BCUT2D eigenvalue weighted by Crippen LogP contribution is -2.09. The van der Waals surface area contributed by atoms with Gasteiger partial charge in [0.25, 0.3) is 0 Å². The van der Waals surface area contributed by atoms with Crippen LogP contribution in [-0.4, -0.2) is 20.7 Å². The highest BCUT2D eigenvalue weighted by Crippen LogP contribution is 2.08. The van der Waals surface area contributed by atoms with Crippen LogP contribution in [0.2, 0.25) is 0 Å². The van der Waals surface area contributed by atoms with Gasteiger partial charge in [0, 0.05) is 37.3 Å². The van der Waals surface area contributed by atoms with Crippen molar-refractivity contribution in [2.45, 2.75) is 13.0 Å². The molecule has 0 aliphatic rings. The molecule has 23 heavy (non-hydrogen) atoms. The number of thiophene rings is 1. The van der Waals surface area contributed by atoms with Gasteiger partial charge < -0.3 is 5.32 Å². The van der Waals surface area contributed by atoms with Crippen molar-refractivity contribution in [2.75, 3.05) is 5.32 Å². The quantitative estimate of drug-likeness (QED) is 0.708. The van der Waals surface area contributed by atoms with Crippen molar-refractivity contribution < 1.29 is 4.79 Å². The molecule has 0 radical (unpaired) electrons. The van der Waals surface area contributed by atoms with Crippen molar-refractivity contribution in [2.24, 2.45) is 0 Å². The van der Waals surface area contributed by atoms with Gasteiger partial charge >= 0.3 is 0 Å². The lowest BCUT2D eigenvalue weighted by atomic mass is 10.2. The standard InChI is InChI=1S/C17H16N4OS/c22-17(2-1-15-7-12-23-13-15)19-16-6-11-21(20-16)10-5-14-3-8-18-9-4-14/h1-4,6-9,11-13H,5,10H2,(H,19,20,22)/b2-1+. The zero-order valence-electron chi connectivity index (χ0n) is 12.4. The van der Waals surface area contributed by atoms with Gasteiger partial charge in [0.2, 0.25) is 5.91 Å². The molecule has 5 nitrogen and oxygen atoms in total. The van der Waals surface area contributed by atoms with Crippen LogP contribution in [0.25, 0.3) is 6.08 Å². The van der Waals surface area contributed by atoms with E-state index < -0.39 is 0 Å². The van der Waals surface area contributed by atoms with Crippen molar-refractivity contribution >= 4 is 29.1 Å². The van der Waals surface area contributed by atoms with Gasteiger partial charge in [0.15, 0.2) is 5.82 Å². The van der Waals surface area contributed by atoms with Crippen LogP contribution in [0.1, 0.15) is 11.1 Å². The third-order valence-electron chi connectivity index (χ3n) is 3.24. The Morgan fingerprint density at radius 3 is 2.91 bits per heavy atom. The summed E-state index contributed by atoms with van der Waals surface area (Å²) in [5.41, 5.74) is 2.23. The van der Waals surface area contributed by atoms with E-state index in [0.29, 0.717) is 5.82 Å². The molecule has 3 rings (SSSR count). The van der Waals surface area contributed by atoms with E-state index in [1.54, 1.807) is 35.9 Å². The molecular weight excluding hydrogens is 308 g/mol. The van der Waals surface area contributed by atoms with Crippen LogP contribution in [-0.2, 0) is 17.8 Å². The number of carbonyl (C=O) groups excluding carboxylic acids is 1. The minimum Gasteiger partial charge on any atom is -0.306 e. The smallest absolute Gasteiger partial charge is 0.249 e. The first-order chi connectivity index (χ1) is 11.3. The Hall–Kier alpha value is -2.73. The average molecular weight is 324 g/mol. The third-order valence-corrected chi connectivity index (χ3v) is 3.94. The molecule has 0 atom stereocenters. The molecule has 3 aromatic heterocycles. The maximum Gasteiger partial charge on any atom is 0.249 e. The number of rotatable bonds is 6. The predicted molar refractivity (Wildman–Crippen MR) is 92.2 cm³/mol. The SMILES string of the molecule is O=C(/C=C/c1ccsc1)Nc1ccn(CCc2ccncc2)n1. The average Bonchev–Trinajstić information content (AvgIpc) is 3.24. The highest BCUT2D eigenvalue weighted by atomic mass is 32.1.